The van der Waals surface area contributed by atoms with Gasteiger partial charge in [0.15, 0.2) is 0 Å². The zero-order chi connectivity index (χ0) is 18.3. The maximum atomic E-state index is 12.5. The lowest BCUT2D eigenvalue weighted by Crippen LogP contribution is -2.45. The molecule has 0 aliphatic rings. The van der Waals surface area contributed by atoms with E-state index in [0.29, 0.717) is 13.0 Å². The molecule has 2 atom stereocenters. The minimum absolute atomic E-state index is 0.103. The number of hydrogen-bond acceptors (Lipinski definition) is 1. The van der Waals surface area contributed by atoms with E-state index in [0.717, 1.165) is 10.0 Å². The predicted molar refractivity (Wildman–Crippen MR) is 92.8 cm³/mol. The van der Waals surface area contributed by atoms with Crippen molar-refractivity contribution in [2.75, 3.05) is 6.54 Å². The summed E-state index contributed by atoms with van der Waals surface area (Å²) < 4.78 is 38.0. The van der Waals surface area contributed by atoms with E-state index in [1.807, 2.05) is 38.1 Å². The van der Waals surface area contributed by atoms with Gasteiger partial charge < -0.3 is 10.2 Å². The molecule has 0 saturated carbocycles. The maximum Gasteiger partial charge on any atom is 0.389 e. The van der Waals surface area contributed by atoms with Crippen LogP contribution >= 0.6 is 15.9 Å². The summed E-state index contributed by atoms with van der Waals surface area (Å²) in [6.07, 6.45) is -4.73. The van der Waals surface area contributed by atoms with Gasteiger partial charge in [-0.3, -0.25) is 0 Å². The van der Waals surface area contributed by atoms with Crippen LogP contribution in [-0.4, -0.2) is 29.7 Å². The fourth-order valence-electron chi connectivity index (χ4n) is 2.51. The van der Waals surface area contributed by atoms with Gasteiger partial charge in [0, 0.05) is 23.5 Å². The third-order valence-corrected chi connectivity index (χ3v) is 4.49. The van der Waals surface area contributed by atoms with Gasteiger partial charge in [-0.15, -0.1) is 0 Å². The van der Waals surface area contributed by atoms with Crippen LogP contribution in [-0.2, 0) is 0 Å². The quantitative estimate of drug-likeness (QED) is 0.619. The molecule has 1 aromatic carbocycles. The Morgan fingerprint density at radius 2 is 2.00 bits per heavy atom. The van der Waals surface area contributed by atoms with Crippen LogP contribution in [0.5, 0.6) is 0 Å². The monoisotopic (exact) mass is 408 g/mol. The van der Waals surface area contributed by atoms with E-state index in [-0.39, 0.29) is 18.5 Å². The standard InChI is InChI=1S/C17H24BrF3N2O/c1-4-15(9-10-17(19,20)21)22-16(24)23(5-2)12(3)13-7-6-8-14(18)11-13/h6-8,11-12,15H,4-5,9-10H2,1-3H3,(H,22,24)/t12-,15-/m1/s1. The first-order valence-electron chi connectivity index (χ1n) is 8.07. The van der Waals surface area contributed by atoms with Crippen molar-refractivity contribution in [1.29, 1.82) is 0 Å². The number of carbonyl (C=O) groups is 1. The van der Waals surface area contributed by atoms with Crippen molar-refractivity contribution in [3.63, 3.8) is 0 Å². The van der Waals surface area contributed by atoms with Crippen molar-refractivity contribution in [1.82, 2.24) is 10.2 Å². The van der Waals surface area contributed by atoms with E-state index < -0.39 is 18.6 Å². The number of carbonyl (C=O) groups excluding carboxylic acids is 1. The van der Waals surface area contributed by atoms with Gasteiger partial charge in [0.2, 0.25) is 0 Å². The van der Waals surface area contributed by atoms with E-state index >= 15 is 0 Å². The van der Waals surface area contributed by atoms with Crippen molar-refractivity contribution >= 4 is 22.0 Å². The largest absolute Gasteiger partial charge is 0.389 e. The number of urea groups is 1. The average molecular weight is 409 g/mol. The molecule has 1 aromatic rings. The number of nitrogens with zero attached hydrogens (tertiary/aromatic N) is 1. The summed E-state index contributed by atoms with van der Waals surface area (Å²) in [7, 11) is 0. The molecule has 0 spiro atoms. The fraction of sp³-hybridized carbons (Fsp3) is 0.588. The second-order valence-corrected chi connectivity index (χ2v) is 6.64. The second kappa shape index (κ2) is 9.30. The lowest BCUT2D eigenvalue weighted by atomic mass is 10.1. The molecule has 1 rings (SSSR count). The Morgan fingerprint density at radius 1 is 1.33 bits per heavy atom. The molecule has 1 N–H and O–H groups in total. The van der Waals surface area contributed by atoms with Crippen molar-refractivity contribution in [3.8, 4) is 0 Å². The molecule has 0 radical (unpaired) electrons. The van der Waals surface area contributed by atoms with Gasteiger partial charge in [0.1, 0.15) is 0 Å². The Morgan fingerprint density at radius 3 is 2.50 bits per heavy atom. The van der Waals surface area contributed by atoms with Gasteiger partial charge in [-0.05, 0) is 44.4 Å². The smallest absolute Gasteiger partial charge is 0.335 e. The number of nitrogens with one attached hydrogen (secondary N) is 1. The number of amides is 2. The van der Waals surface area contributed by atoms with Crippen LogP contribution in [0, 0.1) is 0 Å². The summed E-state index contributed by atoms with van der Waals surface area (Å²) in [5.74, 6) is 0. The fourth-order valence-corrected chi connectivity index (χ4v) is 2.93. The molecule has 0 fully saturated rings. The molecule has 7 heteroatoms. The molecule has 0 bridgehead atoms. The molecule has 24 heavy (non-hydrogen) atoms. The molecular formula is C17H24BrF3N2O. The van der Waals surface area contributed by atoms with Crippen molar-refractivity contribution in [2.24, 2.45) is 0 Å². The topological polar surface area (TPSA) is 32.3 Å². The summed E-state index contributed by atoms with van der Waals surface area (Å²) in [6, 6.07) is 6.65. The summed E-state index contributed by atoms with van der Waals surface area (Å²) in [5, 5.41) is 2.73. The molecule has 136 valence electrons. The van der Waals surface area contributed by atoms with Crippen molar-refractivity contribution in [3.05, 3.63) is 34.3 Å². The number of alkyl halides is 3. The lowest BCUT2D eigenvalue weighted by molar-refractivity contribution is -0.136. The van der Waals surface area contributed by atoms with E-state index in [9.17, 15) is 18.0 Å². The van der Waals surface area contributed by atoms with Crippen LogP contribution in [0.2, 0.25) is 0 Å². The second-order valence-electron chi connectivity index (χ2n) is 5.73. The van der Waals surface area contributed by atoms with Gasteiger partial charge in [0.25, 0.3) is 0 Å². The Labute approximate surface area is 149 Å². The van der Waals surface area contributed by atoms with E-state index in [4.69, 9.17) is 0 Å². The number of hydrogen-bond donors (Lipinski definition) is 1. The first-order chi connectivity index (χ1) is 11.2. The highest BCUT2D eigenvalue weighted by Gasteiger charge is 2.29. The van der Waals surface area contributed by atoms with Crippen molar-refractivity contribution in [2.45, 2.75) is 58.3 Å². The molecule has 2 amide bonds. The zero-order valence-corrected chi connectivity index (χ0v) is 15.7. The zero-order valence-electron chi connectivity index (χ0n) is 14.2. The summed E-state index contributed by atoms with van der Waals surface area (Å²) in [5.41, 5.74) is 0.963. The summed E-state index contributed by atoms with van der Waals surface area (Å²) >= 11 is 3.40. The van der Waals surface area contributed by atoms with Crippen LogP contribution in [0.1, 0.15) is 51.6 Å². The lowest BCUT2D eigenvalue weighted by Gasteiger charge is -2.30. The van der Waals surface area contributed by atoms with Gasteiger partial charge in [-0.25, -0.2) is 4.79 Å². The van der Waals surface area contributed by atoms with Crippen LogP contribution in [0.4, 0.5) is 18.0 Å². The summed E-state index contributed by atoms with van der Waals surface area (Å²) in [4.78, 5) is 14.1. The van der Waals surface area contributed by atoms with Gasteiger partial charge in [-0.2, -0.15) is 13.2 Å². The molecule has 3 nitrogen and oxygen atoms in total. The Balaban J connectivity index is 2.74. The third-order valence-electron chi connectivity index (χ3n) is 4.00. The van der Waals surface area contributed by atoms with Crippen LogP contribution in [0.3, 0.4) is 0 Å². The highest BCUT2D eigenvalue weighted by atomic mass is 79.9. The highest BCUT2D eigenvalue weighted by molar-refractivity contribution is 9.10. The molecule has 0 aliphatic heterocycles. The molecular weight excluding hydrogens is 385 g/mol. The number of halogens is 4. The van der Waals surface area contributed by atoms with E-state index in [1.165, 1.54) is 0 Å². The SMILES string of the molecule is CC[C@H](CCC(F)(F)F)NC(=O)N(CC)[C@H](C)c1cccc(Br)c1. The molecule has 0 aromatic heterocycles. The highest BCUT2D eigenvalue weighted by Crippen LogP contribution is 2.25. The van der Waals surface area contributed by atoms with Gasteiger partial charge >= 0.3 is 12.2 Å². The molecule has 0 heterocycles. The van der Waals surface area contributed by atoms with Gasteiger partial charge in [0.05, 0.1) is 6.04 Å². The van der Waals surface area contributed by atoms with Crippen molar-refractivity contribution < 1.29 is 18.0 Å². The van der Waals surface area contributed by atoms with E-state index in [2.05, 4.69) is 21.2 Å². The Kier molecular flexibility index (Phi) is 8.06. The normalized spacial score (nSPS) is 14.1. The van der Waals surface area contributed by atoms with Crippen LogP contribution in [0.15, 0.2) is 28.7 Å². The van der Waals surface area contributed by atoms with E-state index in [1.54, 1.807) is 11.8 Å². The molecule has 0 saturated heterocycles. The first-order valence-corrected chi connectivity index (χ1v) is 8.86. The minimum Gasteiger partial charge on any atom is -0.335 e. The van der Waals surface area contributed by atoms with Gasteiger partial charge in [-0.1, -0.05) is 35.0 Å². The predicted octanol–water partition coefficient (Wildman–Crippen LogP) is 5.66. The van der Waals surface area contributed by atoms with Crippen LogP contribution in [0.25, 0.3) is 0 Å². The minimum atomic E-state index is -4.20. The Hall–Kier alpha value is -1.24. The number of rotatable bonds is 7. The summed E-state index contributed by atoms with van der Waals surface area (Å²) in [6.45, 7) is 6.00. The number of benzene rings is 1. The average Bonchev–Trinajstić information content (AvgIpc) is 2.51. The molecule has 0 aliphatic carbocycles. The molecule has 0 unspecified atom stereocenters. The first kappa shape index (κ1) is 20.8. The van der Waals surface area contributed by atoms with Crippen LogP contribution < -0.4 is 5.32 Å². The Bertz CT molecular complexity index is 537. The maximum absolute atomic E-state index is 12.5. The third kappa shape index (κ3) is 6.71.